The molecule has 1 amide bonds. The normalized spacial score (nSPS) is 19.3. The summed E-state index contributed by atoms with van der Waals surface area (Å²) in [4.78, 5) is 28.6. The van der Waals surface area contributed by atoms with Crippen molar-refractivity contribution in [2.24, 2.45) is 13.0 Å². The molecule has 0 unspecified atom stereocenters. The number of rotatable bonds is 4. The zero-order chi connectivity index (χ0) is 17.8. The quantitative estimate of drug-likeness (QED) is 0.764. The second-order valence-corrected chi connectivity index (χ2v) is 7.98. The van der Waals surface area contributed by atoms with Crippen LogP contribution in [0.2, 0.25) is 0 Å². The summed E-state index contributed by atoms with van der Waals surface area (Å²) < 4.78 is 1.86. The molecule has 2 heterocycles. The fraction of sp³-hybridized carbons (Fsp3) is 0.722. The summed E-state index contributed by atoms with van der Waals surface area (Å²) in [5.41, 5.74) is 0.681. The van der Waals surface area contributed by atoms with Gasteiger partial charge >= 0.3 is 0 Å². The Bertz CT molecular complexity index is 662. The van der Waals surface area contributed by atoms with Gasteiger partial charge in [0.2, 0.25) is 5.91 Å². The van der Waals surface area contributed by atoms with E-state index in [1.54, 1.807) is 13.2 Å². The van der Waals surface area contributed by atoms with E-state index in [0.29, 0.717) is 24.0 Å². The molecule has 3 rings (SSSR count). The molecule has 1 aromatic rings. The van der Waals surface area contributed by atoms with Crippen LogP contribution >= 0.6 is 15.9 Å². The summed E-state index contributed by atoms with van der Waals surface area (Å²) in [6.45, 7) is 2.90. The smallest absolute Gasteiger partial charge is 0.282 e. The lowest BCUT2D eigenvalue weighted by atomic mass is 9.86. The minimum absolute atomic E-state index is 0.136. The average Bonchev–Trinajstić information content (AvgIpc) is 2.65. The van der Waals surface area contributed by atoms with Gasteiger partial charge in [0, 0.05) is 39.6 Å². The summed E-state index contributed by atoms with van der Waals surface area (Å²) >= 11 is 3.38. The summed E-state index contributed by atoms with van der Waals surface area (Å²) in [7, 11) is 1.64. The Morgan fingerprint density at radius 3 is 2.56 bits per heavy atom. The Hall–Kier alpha value is -1.37. The van der Waals surface area contributed by atoms with Crippen LogP contribution in [0.4, 0.5) is 5.69 Å². The van der Waals surface area contributed by atoms with E-state index >= 15 is 0 Å². The van der Waals surface area contributed by atoms with Gasteiger partial charge in [-0.1, -0.05) is 32.1 Å². The van der Waals surface area contributed by atoms with Crippen LogP contribution in [0.3, 0.4) is 0 Å². The number of amides is 1. The number of carbonyl (C=O) groups excluding carboxylic acids is 1. The van der Waals surface area contributed by atoms with Gasteiger partial charge in [-0.25, -0.2) is 4.68 Å². The Morgan fingerprint density at radius 1 is 1.20 bits per heavy atom. The molecule has 6 nitrogen and oxygen atoms in total. The van der Waals surface area contributed by atoms with Gasteiger partial charge in [-0.3, -0.25) is 9.59 Å². The largest absolute Gasteiger partial charge is 0.366 e. The van der Waals surface area contributed by atoms with E-state index in [1.807, 2.05) is 4.90 Å². The molecule has 0 bridgehead atoms. The highest BCUT2D eigenvalue weighted by atomic mass is 79.9. The molecule has 0 atom stereocenters. The standard InChI is InChI=1S/C18H27BrN4O2/c1-21-18(25)17(19)15(13-20-21)22-9-11-23(12-10-22)16(24)8-7-14-5-3-2-4-6-14/h13-14H,2-12H2,1H3. The minimum Gasteiger partial charge on any atom is -0.366 e. The van der Waals surface area contributed by atoms with Crippen LogP contribution in [0.1, 0.15) is 44.9 Å². The van der Waals surface area contributed by atoms with Gasteiger partial charge < -0.3 is 9.80 Å². The number of hydrogen-bond donors (Lipinski definition) is 0. The Balaban J connectivity index is 1.50. The van der Waals surface area contributed by atoms with Crippen LogP contribution in [-0.2, 0) is 11.8 Å². The lowest BCUT2D eigenvalue weighted by Gasteiger charge is -2.36. The lowest BCUT2D eigenvalue weighted by Crippen LogP contribution is -2.49. The number of aryl methyl sites for hydroxylation is 1. The third-order valence-electron chi connectivity index (χ3n) is 5.52. The van der Waals surface area contributed by atoms with Crippen molar-refractivity contribution in [1.82, 2.24) is 14.7 Å². The van der Waals surface area contributed by atoms with E-state index < -0.39 is 0 Å². The van der Waals surface area contributed by atoms with Crippen molar-refractivity contribution in [3.63, 3.8) is 0 Å². The highest BCUT2D eigenvalue weighted by Crippen LogP contribution is 2.28. The summed E-state index contributed by atoms with van der Waals surface area (Å²) in [5, 5.41) is 4.10. The number of aromatic nitrogens is 2. The average molecular weight is 411 g/mol. The zero-order valence-electron chi connectivity index (χ0n) is 14.9. The predicted octanol–water partition coefficient (Wildman–Crippen LogP) is 2.55. The zero-order valence-corrected chi connectivity index (χ0v) is 16.5. The van der Waals surface area contributed by atoms with E-state index in [2.05, 4.69) is 25.9 Å². The molecule has 1 saturated carbocycles. The Kier molecular flexibility index (Phi) is 6.15. The first-order valence-corrected chi connectivity index (χ1v) is 10.1. The van der Waals surface area contributed by atoms with Crippen molar-refractivity contribution in [2.75, 3.05) is 31.1 Å². The van der Waals surface area contributed by atoms with Gasteiger partial charge in [0.1, 0.15) is 4.47 Å². The number of halogens is 1. The van der Waals surface area contributed by atoms with Crippen molar-refractivity contribution in [3.8, 4) is 0 Å². The second-order valence-electron chi connectivity index (χ2n) is 7.18. The maximum atomic E-state index is 12.5. The van der Waals surface area contributed by atoms with Crippen LogP contribution in [0.5, 0.6) is 0 Å². The van der Waals surface area contributed by atoms with Gasteiger partial charge in [-0.05, 0) is 28.3 Å². The summed E-state index contributed by atoms with van der Waals surface area (Å²) in [6, 6.07) is 0. The van der Waals surface area contributed by atoms with Crippen LogP contribution in [0.15, 0.2) is 15.5 Å². The van der Waals surface area contributed by atoms with E-state index in [1.165, 1.54) is 36.8 Å². The summed E-state index contributed by atoms with van der Waals surface area (Å²) in [6.07, 6.45) is 10.1. The topological polar surface area (TPSA) is 58.4 Å². The first-order chi connectivity index (χ1) is 12.1. The molecule has 2 aliphatic rings. The number of anilines is 1. The number of nitrogens with zero attached hydrogens (tertiary/aromatic N) is 4. The molecule has 1 aromatic heterocycles. The van der Waals surface area contributed by atoms with Crippen molar-refractivity contribution < 1.29 is 4.79 Å². The van der Waals surface area contributed by atoms with Gasteiger partial charge in [0.05, 0.1) is 11.9 Å². The maximum absolute atomic E-state index is 12.5. The molecule has 0 N–H and O–H groups in total. The Labute approximate surface area is 157 Å². The van der Waals surface area contributed by atoms with Crippen LogP contribution < -0.4 is 10.5 Å². The molecule has 0 aromatic carbocycles. The fourth-order valence-corrected chi connectivity index (χ4v) is 4.49. The molecule has 138 valence electrons. The molecular formula is C18H27BrN4O2. The molecule has 7 heteroatoms. The molecule has 0 spiro atoms. The van der Waals surface area contributed by atoms with Crippen molar-refractivity contribution >= 4 is 27.5 Å². The third kappa shape index (κ3) is 4.43. The van der Waals surface area contributed by atoms with Gasteiger partial charge in [-0.2, -0.15) is 5.10 Å². The third-order valence-corrected chi connectivity index (χ3v) is 6.27. The SMILES string of the molecule is Cn1ncc(N2CCN(C(=O)CCC3CCCCC3)CC2)c(Br)c1=O. The molecule has 1 saturated heterocycles. The predicted molar refractivity (Wildman–Crippen MR) is 102 cm³/mol. The van der Waals surface area contributed by atoms with Gasteiger partial charge in [-0.15, -0.1) is 0 Å². The first kappa shape index (κ1) is 18.4. The highest BCUT2D eigenvalue weighted by molar-refractivity contribution is 9.10. The molecule has 1 aliphatic heterocycles. The first-order valence-electron chi connectivity index (χ1n) is 9.31. The number of carbonyl (C=O) groups is 1. The molecule has 2 fully saturated rings. The maximum Gasteiger partial charge on any atom is 0.282 e. The van der Waals surface area contributed by atoms with E-state index in [0.717, 1.165) is 31.1 Å². The van der Waals surface area contributed by atoms with Crippen LogP contribution in [0.25, 0.3) is 0 Å². The van der Waals surface area contributed by atoms with Crippen molar-refractivity contribution in [1.29, 1.82) is 0 Å². The summed E-state index contributed by atoms with van der Waals surface area (Å²) in [5.74, 6) is 1.04. The molecular weight excluding hydrogens is 384 g/mol. The number of hydrogen-bond acceptors (Lipinski definition) is 4. The Morgan fingerprint density at radius 2 is 1.88 bits per heavy atom. The molecule has 0 radical (unpaired) electrons. The van der Waals surface area contributed by atoms with E-state index in [4.69, 9.17) is 0 Å². The van der Waals surface area contributed by atoms with Crippen molar-refractivity contribution in [3.05, 3.63) is 21.0 Å². The number of piperazine rings is 1. The monoisotopic (exact) mass is 410 g/mol. The molecule has 1 aliphatic carbocycles. The van der Waals surface area contributed by atoms with E-state index in [9.17, 15) is 9.59 Å². The lowest BCUT2D eigenvalue weighted by molar-refractivity contribution is -0.131. The molecule has 25 heavy (non-hydrogen) atoms. The van der Waals surface area contributed by atoms with Gasteiger partial charge in [0.25, 0.3) is 5.56 Å². The second kappa shape index (κ2) is 8.34. The van der Waals surface area contributed by atoms with E-state index in [-0.39, 0.29) is 11.5 Å². The van der Waals surface area contributed by atoms with Crippen LogP contribution in [-0.4, -0.2) is 46.8 Å². The highest BCUT2D eigenvalue weighted by Gasteiger charge is 2.24. The fourth-order valence-electron chi connectivity index (χ4n) is 3.88. The van der Waals surface area contributed by atoms with Crippen molar-refractivity contribution in [2.45, 2.75) is 44.9 Å². The van der Waals surface area contributed by atoms with Gasteiger partial charge in [0.15, 0.2) is 0 Å². The van der Waals surface area contributed by atoms with Crippen LogP contribution in [0, 0.1) is 5.92 Å². The minimum atomic E-state index is -0.136.